The van der Waals surface area contributed by atoms with Crippen LogP contribution >= 0.6 is 0 Å². The van der Waals surface area contributed by atoms with E-state index in [0.29, 0.717) is 6.61 Å². The summed E-state index contributed by atoms with van der Waals surface area (Å²) in [6.45, 7) is 6.38. The summed E-state index contributed by atoms with van der Waals surface area (Å²) in [5.41, 5.74) is 4.34. The maximum atomic E-state index is 5.71. The Balaban J connectivity index is 1.75. The van der Waals surface area contributed by atoms with Crippen molar-refractivity contribution in [2.45, 2.75) is 26.9 Å². The third-order valence-electron chi connectivity index (χ3n) is 4.08. The summed E-state index contributed by atoms with van der Waals surface area (Å²) in [6.07, 6.45) is 1.94. The molecule has 1 aromatic carbocycles. The lowest BCUT2D eigenvalue weighted by molar-refractivity contribution is 0.298. The molecule has 0 saturated carbocycles. The van der Waals surface area contributed by atoms with Crippen LogP contribution in [-0.2, 0) is 20.1 Å². The van der Waals surface area contributed by atoms with Crippen molar-refractivity contribution in [3.63, 3.8) is 0 Å². The third-order valence-corrected chi connectivity index (χ3v) is 4.08. The number of fused-ring (bicyclic) bond motifs is 1. The van der Waals surface area contributed by atoms with E-state index in [0.717, 1.165) is 35.6 Å². The van der Waals surface area contributed by atoms with Gasteiger partial charge in [-0.25, -0.2) is 4.98 Å². The quantitative estimate of drug-likeness (QED) is 0.698. The van der Waals surface area contributed by atoms with Crippen LogP contribution in [0.25, 0.3) is 11.0 Å². The molecule has 0 aliphatic rings. The van der Waals surface area contributed by atoms with Gasteiger partial charge in [0.2, 0.25) is 0 Å². The highest BCUT2D eigenvalue weighted by Gasteiger charge is 2.10. The number of aryl methyl sites for hydroxylation is 2. The normalized spacial score (nSPS) is 11.4. The largest absolute Gasteiger partial charge is 0.494 e. The predicted octanol–water partition coefficient (Wildman–Crippen LogP) is 3.31. The highest BCUT2D eigenvalue weighted by atomic mass is 16.5. The van der Waals surface area contributed by atoms with E-state index in [1.54, 1.807) is 0 Å². The first-order valence-electron chi connectivity index (χ1n) is 8.26. The van der Waals surface area contributed by atoms with Gasteiger partial charge in [-0.15, -0.1) is 0 Å². The van der Waals surface area contributed by atoms with Crippen LogP contribution in [0.3, 0.4) is 0 Å². The molecule has 3 aromatic rings. The molecule has 2 heterocycles. The first-order valence-corrected chi connectivity index (χ1v) is 8.26. The van der Waals surface area contributed by atoms with Crippen molar-refractivity contribution < 1.29 is 4.74 Å². The van der Waals surface area contributed by atoms with Gasteiger partial charge in [0, 0.05) is 37.3 Å². The summed E-state index contributed by atoms with van der Waals surface area (Å²) in [5.74, 6) is 0.962. The highest BCUT2D eigenvalue weighted by Crippen LogP contribution is 2.21. The molecule has 5 nitrogen and oxygen atoms in total. The Morgan fingerprint density at radius 1 is 1.21 bits per heavy atom. The number of para-hydroxylation sites is 1. The molecule has 2 aromatic heterocycles. The first kappa shape index (κ1) is 16.5. The summed E-state index contributed by atoms with van der Waals surface area (Å²) in [5, 5.41) is 5.56. The van der Waals surface area contributed by atoms with E-state index < -0.39 is 0 Å². The average molecular weight is 324 g/mol. The van der Waals surface area contributed by atoms with Crippen LogP contribution in [0.4, 0.5) is 0 Å². The van der Waals surface area contributed by atoms with Gasteiger partial charge in [-0.1, -0.05) is 18.2 Å². The monoisotopic (exact) mass is 324 g/mol. The van der Waals surface area contributed by atoms with Crippen LogP contribution in [0.15, 0.2) is 36.5 Å². The summed E-state index contributed by atoms with van der Waals surface area (Å²) < 4.78 is 7.54. The molecule has 3 rings (SSSR count). The fourth-order valence-electron chi connectivity index (χ4n) is 3.03. The Labute approximate surface area is 142 Å². The Morgan fingerprint density at radius 3 is 2.79 bits per heavy atom. The number of hydrogen-bond donors (Lipinski definition) is 0. The van der Waals surface area contributed by atoms with E-state index in [2.05, 4.69) is 40.2 Å². The fourth-order valence-corrected chi connectivity index (χ4v) is 3.03. The molecular weight excluding hydrogens is 300 g/mol. The third kappa shape index (κ3) is 3.41. The molecule has 0 N–H and O–H groups in total. The van der Waals surface area contributed by atoms with Crippen molar-refractivity contribution in [3.05, 3.63) is 53.3 Å². The second-order valence-electron chi connectivity index (χ2n) is 6.14. The number of rotatable bonds is 6. The number of hydrogen-bond acceptors (Lipinski definition) is 4. The molecule has 126 valence electrons. The van der Waals surface area contributed by atoms with Gasteiger partial charge in [0.1, 0.15) is 5.75 Å². The second kappa shape index (κ2) is 7.01. The van der Waals surface area contributed by atoms with Gasteiger partial charge in [0.25, 0.3) is 0 Å². The molecule has 0 aliphatic carbocycles. The molecule has 0 atom stereocenters. The molecule has 24 heavy (non-hydrogen) atoms. The van der Waals surface area contributed by atoms with E-state index in [-0.39, 0.29) is 0 Å². The van der Waals surface area contributed by atoms with Crippen molar-refractivity contribution in [1.29, 1.82) is 0 Å². The van der Waals surface area contributed by atoms with Crippen molar-refractivity contribution in [3.8, 4) is 5.75 Å². The minimum atomic E-state index is 0.682. The lowest BCUT2D eigenvalue weighted by Gasteiger charge is -2.19. The number of pyridine rings is 1. The summed E-state index contributed by atoms with van der Waals surface area (Å²) in [7, 11) is 4.04. The first-order chi connectivity index (χ1) is 11.6. The van der Waals surface area contributed by atoms with Crippen LogP contribution in [0.1, 0.15) is 23.7 Å². The maximum Gasteiger partial charge on any atom is 0.157 e. The highest BCUT2D eigenvalue weighted by molar-refractivity contribution is 5.78. The molecule has 0 unspecified atom stereocenters. The molecule has 0 spiro atoms. The van der Waals surface area contributed by atoms with Crippen LogP contribution in [0.2, 0.25) is 0 Å². The topological polar surface area (TPSA) is 43.2 Å². The van der Waals surface area contributed by atoms with Crippen LogP contribution < -0.4 is 4.74 Å². The van der Waals surface area contributed by atoms with Gasteiger partial charge in [0.15, 0.2) is 5.65 Å². The van der Waals surface area contributed by atoms with Crippen molar-refractivity contribution in [2.75, 3.05) is 13.7 Å². The van der Waals surface area contributed by atoms with Gasteiger partial charge >= 0.3 is 0 Å². The van der Waals surface area contributed by atoms with Gasteiger partial charge in [-0.3, -0.25) is 9.58 Å². The number of nitrogens with zero attached hydrogens (tertiary/aromatic N) is 4. The standard InChI is InChI=1S/C19H24N4O/c1-5-24-18-9-7-6-8-16(18)13-22(3)12-15-10-17-14(2)21-23(4)19(17)20-11-15/h6-11H,5,12-13H2,1-4H3. The molecule has 0 aliphatic heterocycles. The van der Waals surface area contributed by atoms with Gasteiger partial charge in [0.05, 0.1) is 12.3 Å². The molecule has 0 radical (unpaired) electrons. The minimum absolute atomic E-state index is 0.682. The Morgan fingerprint density at radius 2 is 2.00 bits per heavy atom. The van der Waals surface area contributed by atoms with Crippen molar-refractivity contribution in [1.82, 2.24) is 19.7 Å². The summed E-state index contributed by atoms with van der Waals surface area (Å²) >= 11 is 0. The van der Waals surface area contributed by atoms with Gasteiger partial charge in [-0.05, 0) is 38.6 Å². The van der Waals surface area contributed by atoms with E-state index >= 15 is 0 Å². The molecule has 5 heteroatoms. The lowest BCUT2D eigenvalue weighted by atomic mass is 10.1. The number of aromatic nitrogens is 3. The average Bonchev–Trinajstić information content (AvgIpc) is 2.84. The van der Waals surface area contributed by atoms with E-state index in [9.17, 15) is 0 Å². The maximum absolute atomic E-state index is 5.71. The molecule has 0 saturated heterocycles. The van der Waals surface area contributed by atoms with Crippen LogP contribution in [0.5, 0.6) is 5.75 Å². The Bertz CT molecular complexity index is 840. The Hall–Kier alpha value is -2.40. The zero-order chi connectivity index (χ0) is 17.1. The second-order valence-corrected chi connectivity index (χ2v) is 6.14. The smallest absolute Gasteiger partial charge is 0.157 e. The number of benzene rings is 1. The summed E-state index contributed by atoms with van der Waals surface area (Å²) in [6, 6.07) is 10.4. The molecule has 0 bridgehead atoms. The molecule has 0 fully saturated rings. The van der Waals surface area contributed by atoms with Crippen LogP contribution in [0, 0.1) is 6.92 Å². The van der Waals surface area contributed by atoms with E-state index in [1.807, 2.05) is 43.9 Å². The van der Waals surface area contributed by atoms with Crippen molar-refractivity contribution in [2.24, 2.45) is 7.05 Å². The van der Waals surface area contributed by atoms with Gasteiger partial charge in [-0.2, -0.15) is 5.10 Å². The Kier molecular flexibility index (Phi) is 4.81. The molecular formula is C19H24N4O. The van der Waals surface area contributed by atoms with Crippen molar-refractivity contribution >= 4 is 11.0 Å². The zero-order valence-corrected chi connectivity index (χ0v) is 14.8. The van der Waals surface area contributed by atoms with Crippen LogP contribution in [-0.4, -0.2) is 33.3 Å². The lowest BCUT2D eigenvalue weighted by Crippen LogP contribution is -2.18. The van der Waals surface area contributed by atoms with E-state index in [1.165, 1.54) is 11.1 Å². The fraction of sp³-hybridized carbons (Fsp3) is 0.368. The zero-order valence-electron chi connectivity index (χ0n) is 14.8. The summed E-state index contributed by atoms with van der Waals surface area (Å²) in [4.78, 5) is 6.83. The predicted molar refractivity (Wildman–Crippen MR) is 96.0 cm³/mol. The number of ether oxygens (including phenoxy) is 1. The van der Waals surface area contributed by atoms with E-state index in [4.69, 9.17) is 4.74 Å². The SMILES string of the molecule is CCOc1ccccc1CN(C)Cc1cnc2c(c1)c(C)nn2C. The van der Waals surface area contributed by atoms with Gasteiger partial charge < -0.3 is 4.74 Å². The minimum Gasteiger partial charge on any atom is -0.494 e. The molecule has 0 amide bonds.